The van der Waals surface area contributed by atoms with E-state index in [-0.39, 0.29) is 11.8 Å². The van der Waals surface area contributed by atoms with Gasteiger partial charge in [0.1, 0.15) is 11.9 Å². The van der Waals surface area contributed by atoms with Crippen molar-refractivity contribution in [2.75, 3.05) is 13.2 Å². The fourth-order valence-corrected chi connectivity index (χ4v) is 1.68. The zero-order chi connectivity index (χ0) is 13.2. The van der Waals surface area contributed by atoms with E-state index in [9.17, 15) is 4.79 Å². The molecule has 1 aromatic carbocycles. The standard InChI is InChI=1S/C13H11NO5/c15-13(16)11-5-12(19-14-11)8-1-3-9(4-2-8)18-10-6-17-7-10/h1-5,10H,6-7H2,(H,15,16). The molecule has 3 rings (SSSR count). The first-order valence-corrected chi connectivity index (χ1v) is 5.77. The zero-order valence-corrected chi connectivity index (χ0v) is 9.91. The first kappa shape index (κ1) is 11.7. The Balaban J connectivity index is 1.75. The van der Waals surface area contributed by atoms with Gasteiger partial charge in [0.15, 0.2) is 11.5 Å². The second-order valence-electron chi connectivity index (χ2n) is 4.18. The van der Waals surface area contributed by atoms with Gasteiger partial charge in [-0.25, -0.2) is 4.79 Å². The molecule has 0 bridgehead atoms. The van der Waals surface area contributed by atoms with Crippen molar-refractivity contribution in [2.45, 2.75) is 6.10 Å². The molecule has 0 saturated carbocycles. The second kappa shape index (κ2) is 4.74. The van der Waals surface area contributed by atoms with E-state index in [1.165, 1.54) is 6.07 Å². The van der Waals surface area contributed by atoms with Crippen LogP contribution in [0.15, 0.2) is 34.9 Å². The van der Waals surface area contributed by atoms with Gasteiger partial charge >= 0.3 is 5.97 Å². The van der Waals surface area contributed by atoms with Crippen molar-refractivity contribution in [3.8, 4) is 17.1 Å². The molecular weight excluding hydrogens is 250 g/mol. The smallest absolute Gasteiger partial charge is 0.358 e. The molecule has 2 heterocycles. The number of carboxylic acids is 1. The third-order valence-corrected chi connectivity index (χ3v) is 2.78. The summed E-state index contributed by atoms with van der Waals surface area (Å²) in [6.07, 6.45) is 0.120. The summed E-state index contributed by atoms with van der Waals surface area (Å²) in [6, 6.07) is 8.58. The molecule has 0 spiro atoms. The molecule has 1 aliphatic rings. The molecule has 1 aliphatic heterocycles. The number of ether oxygens (including phenoxy) is 2. The van der Waals surface area contributed by atoms with E-state index in [0.717, 1.165) is 11.3 Å². The summed E-state index contributed by atoms with van der Waals surface area (Å²) in [7, 11) is 0. The summed E-state index contributed by atoms with van der Waals surface area (Å²) in [5, 5.41) is 12.2. The maximum absolute atomic E-state index is 10.7. The Kier molecular flexibility index (Phi) is 2.92. The van der Waals surface area contributed by atoms with Crippen LogP contribution in [-0.4, -0.2) is 35.6 Å². The maximum Gasteiger partial charge on any atom is 0.358 e. The first-order valence-electron chi connectivity index (χ1n) is 5.77. The fourth-order valence-electron chi connectivity index (χ4n) is 1.68. The summed E-state index contributed by atoms with van der Waals surface area (Å²) in [5.74, 6) is 0.0471. The lowest BCUT2D eigenvalue weighted by Gasteiger charge is -2.26. The number of aromatic carboxylic acids is 1. The van der Waals surface area contributed by atoms with Gasteiger partial charge in [-0.3, -0.25) is 0 Å². The SMILES string of the molecule is O=C(O)c1cc(-c2ccc(OC3COC3)cc2)on1. The lowest BCUT2D eigenvalue weighted by molar-refractivity contribution is -0.0796. The molecule has 0 unspecified atom stereocenters. The molecule has 0 radical (unpaired) electrons. The number of carboxylic acid groups (broad SMARTS) is 1. The maximum atomic E-state index is 10.7. The van der Waals surface area contributed by atoms with Crippen LogP contribution in [0.1, 0.15) is 10.5 Å². The molecule has 6 nitrogen and oxygen atoms in total. The molecular formula is C13H11NO5. The molecule has 0 amide bonds. The van der Waals surface area contributed by atoms with E-state index in [0.29, 0.717) is 19.0 Å². The Labute approximate surface area is 108 Å². The minimum absolute atomic E-state index is 0.109. The number of benzene rings is 1. The Hall–Kier alpha value is -2.34. The minimum atomic E-state index is -1.11. The number of carbonyl (C=O) groups is 1. The molecule has 0 aliphatic carbocycles. The van der Waals surface area contributed by atoms with Crippen molar-refractivity contribution < 1.29 is 23.9 Å². The highest BCUT2D eigenvalue weighted by atomic mass is 16.6. The zero-order valence-electron chi connectivity index (χ0n) is 9.91. The highest BCUT2D eigenvalue weighted by Gasteiger charge is 2.20. The van der Waals surface area contributed by atoms with Gasteiger partial charge in [0.05, 0.1) is 13.2 Å². The highest BCUT2D eigenvalue weighted by molar-refractivity contribution is 5.86. The Morgan fingerprint density at radius 3 is 2.58 bits per heavy atom. The molecule has 19 heavy (non-hydrogen) atoms. The van der Waals surface area contributed by atoms with Crippen molar-refractivity contribution in [3.63, 3.8) is 0 Å². The molecule has 6 heteroatoms. The molecule has 2 aromatic rings. The lowest BCUT2D eigenvalue weighted by atomic mass is 10.1. The van der Waals surface area contributed by atoms with E-state index in [2.05, 4.69) is 5.16 Å². The third kappa shape index (κ3) is 2.43. The van der Waals surface area contributed by atoms with Crippen molar-refractivity contribution in [1.82, 2.24) is 5.16 Å². The summed E-state index contributed by atoms with van der Waals surface area (Å²) < 4.78 is 15.6. The Morgan fingerprint density at radius 1 is 1.32 bits per heavy atom. The van der Waals surface area contributed by atoms with Gasteiger partial charge in [-0.2, -0.15) is 0 Å². The van der Waals surface area contributed by atoms with Crippen molar-refractivity contribution >= 4 is 5.97 Å². The van der Waals surface area contributed by atoms with Gasteiger partial charge in [-0.05, 0) is 24.3 Å². The van der Waals surface area contributed by atoms with Crippen LogP contribution in [0.5, 0.6) is 5.75 Å². The van der Waals surface area contributed by atoms with Crippen LogP contribution in [0.25, 0.3) is 11.3 Å². The van der Waals surface area contributed by atoms with Crippen molar-refractivity contribution in [2.24, 2.45) is 0 Å². The fraction of sp³-hybridized carbons (Fsp3) is 0.231. The number of nitrogens with zero attached hydrogens (tertiary/aromatic N) is 1. The van der Waals surface area contributed by atoms with Crippen LogP contribution < -0.4 is 4.74 Å². The van der Waals surface area contributed by atoms with Crippen LogP contribution in [0.4, 0.5) is 0 Å². The average Bonchev–Trinajstić information content (AvgIpc) is 2.84. The number of rotatable bonds is 4. The van der Waals surface area contributed by atoms with Crippen molar-refractivity contribution in [3.05, 3.63) is 36.0 Å². The van der Waals surface area contributed by atoms with Crippen LogP contribution in [0.3, 0.4) is 0 Å². The van der Waals surface area contributed by atoms with E-state index in [4.69, 9.17) is 19.1 Å². The predicted octanol–water partition coefficient (Wildman–Crippen LogP) is 1.82. The monoisotopic (exact) mass is 261 g/mol. The van der Waals surface area contributed by atoms with E-state index >= 15 is 0 Å². The average molecular weight is 261 g/mol. The molecule has 1 fully saturated rings. The van der Waals surface area contributed by atoms with Gasteiger partial charge in [0.2, 0.25) is 0 Å². The van der Waals surface area contributed by atoms with Gasteiger partial charge in [0, 0.05) is 11.6 Å². The van der Waals surface area contributed by atoms with Crippen LogP contribution in [0.2, 0.25) is 0 Å². The summed E-state index contributed by atoms with van der Waals surface area (Å²) in [4.78, 5) is 10.7. The van der Waals surface area contributed by atoms with Crippen LogP contribution >= 0.6 is 0 Å². The summed E-state index contributed by atoms with van der Waals surface area (Å²) >= 11 is 0. The van der Waals surface area contributed by atoms with Gasteiger partial charge < -0.3 is 19.1 Å². The largest absolute Gasteiger partial charge is 0.486 e. The van der Waals surface area contributed by atoms with Gasteiger partial charge in [-0.15, -0.1) is 0 Å². The quantitative estimate of drug-likeness (QED) is 0.904. The Bertz CT molecular complexity index is 585. The predicted molar refractivity (Wildman–Crippen MR) is 64.1 cm³/mol. The normalized spacial score (nSPS) is 14.9. The third-order valence-electron chi connectivity index (χ3n) is 2.78. The van der Waals surface area contributed by atoms with Crippen LogP contribution in [0, 0.1) is 0 Å². The second-order valence-corrected chi connectivity index (χ2v) is 4.18. The lowest BCUT2D eigenvalue weighted by Crippen LogP contribution is -2.38. The molecule has 1 N–H and O–H groups in total. The summed E-state index contributed by atoms with van der Waals surface area (Å²) in [5.41, 5.74) is 0.638. The van der Waals surface area contributed by atoms with Gasteiger partial charge in [0.25, 0.3) is 0 Å². The number of hydrogen-bond acceptors (Lipinski definition) is 5. The first-order chi connectivity index (χ1) is 9.22. The summed E-state index contributed by atoms with van der Waals surface area (Å²) in [6.45, 7) is 1.23. The molecule has 1 aromatic heterocycles. The van der Waals surface area contributed by atoms with E-state index in [1.807, 2.05) is 0 Å². The highest BCUT2D eigenvalue weighted by Crippen LogP contribution is 2.24. The van der Waals surface area contributed by atoms with E-state index in [1.54, 1.807) is 24.3 Å². The molecule has 98 valence electrons. The van der Waals surface area contributed by atoms with Crippen molar-refractivity contribution in [1.29, 1.82) is 0 Å². The molecule has 1 saturated heterocycles. The van der Waals surface area contributed by atoms with Crippen LogP contribution in [-0.2, 0) is 4.74 Å². The number of hydrogen-bond donors (Lipinski definition) is 1. The Morgan fingerprint density at radius 2 is 2.05 bits per heavy atom. The molecule has 0 atom stereocenters. The minimum Gasteiger partial charge on any atom is -0.486 e. The topological polar surface area (TPSA) is 81.8 Å². The van der Waals surface area contributed by atoms with E-state index < -0.39 is 5.97 Å². The van der Waals surface area contributed by atoms with Gasteiger partial charge in [-0.1, -0.05) is 5.16 Å². The number of aromatic nitrogens is 1.